The molecule has 0 aromatic rings. The fraction of sp³-hybridized carbons (Fsp3) is 1.00. The van der Waals surface area contributed by atoms with E-state index in [1.807, 2.05) is 0 Å². The molecule has 2 aliphatic heterocycles. The predicted octanol–water partition coefficient (Wildman–Crippen LogP) is -5.40. The molecule has 2 rings (SSSR count). The number of ether oxygens (including phenoxy) is 3. The lowest BCUT2D eigenvalue weighted by Crippen LogP contribution is -2.60. The third-order valence-corrected chi connectivity index (χ3v) is 4.04. The molecule has 11 heteroatoms. The van der Waals surface area contributed by atoms with E-state index >= 15 is 0 Å². The molecular weight excluding hydrogens is 320 g/mol. The van der Waals surface area contributed by atoms with Crippen LogP contribution in [0.1, 0.15) is 0 Å². The Morgan fingerprint density at radius 2 is 1.48 bits per heavy atom. The molecule has 0 spiro atoms. The van der Waals surface area contributed by atoms with Crippen LogP contribution < -0.4 is 0 Å². The zero-order valence-corrected chi connectivity index (χ0v) is 12.0. The third kappa shape index (κ3) is 3.36. The second-order valence-corrected chi connectivity index (χ2v) is 5.58. The lowest BCUT2D eigenvalue weighted by Gasteiger charge is -2.41. The molecule has 0 aliphatic carbocycles. The Balaban J connectivity index is 2.13. The zero-order valence-electron chi connectivity index (χ0n) is 12.0. The predicted molar refractivity (Wildman–Crippen MR) is 68.6 cm³/mol. The standard InChI is InChI=1S/C12H22O11/c13-1-4-6(16)7(17)8(18)11(21-4)22-9-5(2-14)23-12(20,3-15)10(9)19/h4-11,13-20H,1-3H2/t4-,5-,6+,7+,8+,9+,10-,11+,12+/m0/s1. The Morgan fingerprint density at radius 1 is 0.870 bits per heavy atom. The van der Waals surface area contributed by atoms with Crippen LogP contribution in [-0.4, -0.2) is 115 Å². The van der Waals surface area contributed by atoms with E-state index in [1.54, 1.807) is 0 Å². The number of aliphatic hydroxyl groups is 8. The summed E-state index contributed by atoms with van der Waals surface area (Å²) in [7, 11) is 0. The monoisotopic (exact) mass is 342 g/mol. The topological polar surface area (TPSA) is 190 Å². The highest BCUT2D eigenvalue weighted by Crippen LogP contribution is 2.33. The van der Waals surface area contributed by atoms with Gasteiger partial charge in [-0.3, -0.25) is 0 Å². The molecule has 2 saturated heterocycles. The summed E-state index contributed by atoms with van der Waals surface area (Å²) in [5, 5.41) is 76.5. The summed E-state index contributed by atoms with van der Waals surface area (Å²) in [5.41, 5.74) is 0. The maximum atomic E-state index is 10.00. The molecule has 0 radical (unpaired) electrons. The van der Waals surface area contributed by atoms with Crippen LogP contribution in [0.5, 0.6) is 0 Å². The van der Waals surface area contributed by atoms with E-state index in [0.29, 0.717) is 0 Å². The fourth-order valence-electron chi connectivity index (χ4n) is 2.63. The molecule has 2 fully saturated rings. The summed E-state index contributed by atoms with van der Waals surface area (Å²) in [6.45, 7) is -2.32. The summed E-state index contributed by atoms with van der Waals surface area (Å²) in [6, 6.07) is 0. The third-order valence-electron chi connectivity index (χ3n) is 4.04. The lowest BCUT2D eigenvalue weighted by atomic mass is 9.99. The molecule has 8 N–H and O–H groups in total. The zero-order chi connectivity index (χ0) is 17.4. The van der Waals surface area contributed by atoms with E-state index in [1.165, 1.54) is 0 Å². The van der Waals surface area contributed by atoms with E-state index in [2.05, 4.69) is 0 Å². The van der Waals surface area contributed by atoms with Crippen molar-refractivity contribution in [3.05, 3.63) is 0 Å². The molecule has 0 unspecified atom stereocenters. The first-order valence-corrected chi connectivity index (χ1v) is 7.05. The molecule has 11 nitrogen and oxygen atoms in total. The van der Waals surface area contributed by atoms with Crippen LogP contribution in [-0.2, 0) is 14.2 Å². The first-order valence-electron chi connectivity index (χ1n) is 7.05. The summed E-state index contributed by atoms with van der Waals surface area (Å²) >= 11 is 0. The summed E-state index contributed by atoms with van der Waals surface area (Å²) in [4.78, 5) is 0. The van der Waals surface area contributed by atoms with Crippen LogP contribution in [0.3, 0.4) is 0 Å². The van der Waals surface area contributed by atoms with Crippen molar-refractivity contribution in [1.82, 2.24) is 0 Å². The van der Waals surface area contributed by atoms with Crippen molar-refractivity contribution in [2.75, 3.05) is 19.8 Å². The van der Waals surface area contributed by atoms with Gasteiger partial charge in [0.2, 0.25) is 5.79 Å². The fourth-order valence-corrected chi connectivity index (χ4v) is 2.63. The largest absolute Gasteiger partial charge is 0.394 e. The van der Waals surface area contributed by atoms with Crippen molar-refractivity contribution in [1.29, 1.82) is 0 Å². The van der Waals surface area contributed by atoms with Gasteiger partial charge >= 0.3 is 0 Å². The second kappa shape index (κ2) is 7.21. The average Bonchev–Trinajstić information content (AvgIpc) is 2.80. The molecule has 23 heavy (non-hydrogen) atoms. The lowest BCUT2D eigenvalue weighted by molar-refractivity contribution is -0.318. The van der Waals surface area contributed by atoms with Gasteiger partial charge in [0, 0.05) is 0 Å². The minimum absolute atomic E-state index is 0.668. The van der Waals surface area contributed by atoms with E-state index in [9.17, 15) is 30.6 Å². The Hall–Kier alpha value is -0.440. The normalized spacial score (nSPS) is 51.1. The Bertz CT molecular complexity index is 393. The van der Waals surface area contributed by atoms with Gasteiger partial charge in [0.15, 0.2) is 6.29 Å². The smallest absolute Gasteiger partial charge is 0.219 e. The Kier molecular flexibility index (Phi) is 5.92. The van der Waals surface area contributed by atoms with Gasteiger partial charge in [0.25, 0.3) is 0 Å². The first kappa shape index (κ1) is 18.9. The van der Waals surface area contributed by atoms with Crippen molar-refractivity contribution in [2.45, 2.75) is 54.8 Å². The maximum absolute atomic E-state index is 10.00. The van der Waals surface area contributed by atoms with E-state index in [-0.39, 0.29) is 0 Å². The molecule has 9 atom stereocenters. The van der Waals surface area contributed by atoms with Gasteiger partial charge < -0.3 is 55.1 Å². The van der Waals surface area contributed by atoms with Crippen LogP contribution in [0, 0.1) is 0 Å². The molecule has 0 bridgehead atoms. The van der Waals surface area contributed by atoms with Crippen LogP contribution in [0.2, 0.25) is 0 Å². The van der Waals surface area contributed by atoms with Gasteiger partial charge in [-0.15, -0.1) is 0 Å². The van der Waals surface area contributed by atoms with Gasteiger partial charge in [-0.2, -0.15) is 0 Å². The number of hydrogen-bond donors (Lipinski definition) is 8. The molecule has 0 amide bonds. The molecule has 2 aliphatic rings. The Labute approximate surface area is 130 Å². The molecule has 0 aromatic heterocycles. The van der Waals surface area contributed by atoms with Crippen molar-refractivity contribution in [3.8, 4) is 0 Å². The average molecular weight is 342 g/mol. The van der Waals surface area contributed by atoms with Crippen molar-refractivity contribution in [2.24, 2.45) is 0 Å². The minimum Gasteiger partial charge on any atom is -0.394 e. The highest BCUT2D eigenvalue weighted by molar-refractivity contribution is 4.98. The van der Waals surface area contributed by atoms with Crippen LogP contribution in [0.4, 0.5) is 0 Å². The first-order chi connectivity index (χ1) is 10.8. The molecule has 2 heterocycles. The minimum atomic E-state index is -2.37. The van der Waals surface area contributed by atoms with Crippen molar-refractivity contribution >= 4 is 0 Å². The molecular formula is C12H22O11. The van der Waals surface area contributed by atoms with E-state index in [0.717, 1.165) is 0 Å². The van der Waals surface area contributed by atoms with Gasteiger partial charge in [0.1, 0.15) is 42.7 Å². The van der Waals surface area contributed by atoms with E-state index in [4.69, 9.17) is 24.4 Å². The summed E-state index contributed by atoms with van der Waals surface area (Å²) < 4.78 is 15.3. The van der Waals surface area contributed by atoms with E-state index < -0.39 is 74.6 Å². The number of rotatable bonds is 5. The van der Waals surface area contributed by atoms with Crippen LogP contribution in [0.15, 0.2) is 0 Å². The highest BCUT2D eigenvalue weighted by atomic mass is 16.7. The summed E-state index contributed by atoms with van der Waals surface area (Å²) in [5.74, 6) is -2.37. The quantitative estimate of drug-likeness (QED) is 0.238. The van der Waals surface area contributed by atoms with Gasteiger partial charge in [-0.05, 0) is 0 Å². The van der Waals surface area contributed by atoms with Gasteiger partial charge in [-0.25, -0.2) is 0 Å². The van der Waals surface area contributed by atoms with Crippen LogP contribution in [0.25, 0.3) is 0 Å². The van der Waals surface area contributed by atoms with Crippen LogP contribution >= 0.6 is 0 Å². The van der Waals surface area contributed by atoms with Crippen molar-refractivity contribution in [3.63, 3.8) is 0 Å². The molecule has 136 valence electrons. The number of hydrogen-bond acceptors (Lipinski definition) is 11. The number of aliphatic hydroxyl groups excluding tert-OH is 7. The Morgan fingerprint density at radius 3 is 2.00 bits per heavy atom. The van der Waals surface area contributed by atoms with Crippen molar-refractivity contribution < 1.29 is 55.1 Å². The SMILES string of the molecule is OC[C@@H]1O[C@H](O[C@@H]2[C@H](CO)O[C@](O)(CO)[C@H]2O)[C@H](O)[C@H](O)[C@@H]1O. The summed E-state index contributed by atoms with van der Waals surface area (Å²) in [6.07, 6.45) is -12.2. The molecule has 0 aromatic carbocycles. The van der Waals surface area contributed by atoms with Gasteiger partial charge in [-0.1, -0.05) is 0 Å². The molecule has 0 saturated carbocycles. The maximum Gasteiger partial charge on any atom is 0.219 e. The van der Waals surface area contributed by atoms with Gasteiger partial charge in [0.05, 0.1) is 19.8 Å². The second-order valence-electron chi connectivity index (χ2n) is 5.58. The highest BCUT2D eigenvalue weighted by Gasteiger charge is 2.56.